The van der Waals surface area contributed by atoms with Crippen LogP contribution in [0.5, 0.6) is 0 Å². The van der Waals surface area contributed by atoms with Crippen LogP contribution in [0.4, 0.5) is 0 Å². The topological polar surface area (TPSA) is 52.6 Å². The molecular formula is C25H46O4. The lowest BCUT2D eigenvalue weighted by Gasteiger charge is -2.05. The Balaban J connectivity index is 3.31. The highest BCUT2D eigenvalue weighted by Crippen LogP contribution is 2.10. The highest BCUT2D eigenvalue weighted by atomic mass is 16.5. The van der Waals surface area contributed by atoms with Crippen LogP contribution in [0.1, 0.15) is 123 Å². The van der Waals surface area contributed by atoms with Crippen LogP contribution in [-0.2, 0) is 19.1 Å². The number of carbonyl (C=O) groups excluding carboxylic acids is 2. The van der Waals surface area contributed by atoms with E-state index in [0.717, 1.165) is 64.2 Å². The van der Waals surface area contributed by atoms with Crippen molar-refractivity contribution in [2.45, 2.75) is 123 Å². The fourth-order valence-electron chi connectivity index (χ4n) is 3.09. The van der Waals surface area contributed by atoms with E-state index in [9.17, 15) is 9.59 Å². The van der Waals surface area contributed by atoms with Crippen molar-refractivity contribution in [3.63, 3.8) is 0 Å². The molecule has 0 unspecified atom stereocenters. The summed E-state index contributed by atoms with van der Waals surface area (Å²) in [6.45, 7) is 5.45. The number of ether oxygens (including phenoxy) is 2. The average Bonchev–Trinajstić information content (AvgIpc) is 2.71. The molecule has 0 saturated carbocycles. The Bertz CT molecular complexity index is 404. The predicted octanol–water partition coefficient (Wildman–Crippen LogP) is 7.30. The minimum absolute atomic E-state index is 0.0555. The maximum atomic E-state index is 11.7. The van der Waals surface area contributed by atoms with E-state index in [-0.39, 0.29) is 11.9 Å². The van der Waals surface area contributed by atoms with Crippen LogP contribution in [0.3, 0.4) is 0 Å². The Morgan fingerprint density at radius 3 is 1.66 bits per heavy atom. The van der Waals surface area contributed by atoms with E-state index in [4.69, 9.17) is 9.47 Å². The predicted molar refractivity (Wildman–Crippen MR) is 121 cm³/mol. The van der Waals surface area contributed by atoms with Gasteiger partial charge in [0.2, 0.25) is 0 Å². The lowest BCUT2D eigenvalue weighted by Crippen LogP contribution is -2.05. The van der Waals surface area contributed by atoms with Gasteiger partial charge in [-0.05, 0) is 38.5 Å². The quantitative estimate of drug-likeness (QED) is 0.113. The van der Waals surface area contributed by atoms with Gasteiger partial charge in [-0.25, -0.2) is 0 Å². The van der Waals surface area contributed by atoms with Gasteiger partial charge in [-0.2, -0.15) is 0 Å². The first-order valence-corrected chi connectivity index (χ1v) is 12.2. The second-order valence-corrected chi connectivity index (χ2v) is 7.88. The van der Waals surface area contributed by atoms with Crippen molar-refractivity contribution in [1.29, 1.82) is 0 Å². The summed E-state index contributed by atoms with van der Waals surface area (Å²) in [6.07, 6.45) is 21.8. The molecule has 0 aliphatic carbocycles. The smallest absolute Gasteiger partial charge is 0.305 e. The van der Waals surface area contributed by atoms with Gasteiger partial charge < -0.3 is 9.47 Å². The van der Waals surface area contributed by atoms with Crippen LogP contribution in [0.2, 0.25) is 0 Å². The van der Waals surface area contributed by atoms with E-state index in [0.29, 0.717) is 26.1 Å². The number of hydrogen-bond donors (Lipinski definition) is 0. The minimum atomic E-state index is -0.0777. The van der Waals surface area contributed by atoms with Gasteiger partial charge in [-0.3, -0.25) is 9.59 Å². The molecule has 0 fully saturated rings. The van der Waals surface area contributed by atoms with Crippen molar-refractivity contribution in [2.24, 2.45) is 0 Å². The number of hydrogen-bond acceptors (Lipinski definition) is 4. The summed E-state index contributed by atoms with van der Waals surface area (Å²) in [5.41, 5.74) is 0. The summed E-state index contributed by atoms with van der Waals surface area (Å²) in [5, 5.41) is 0. The first-order chi connectivity index (χ1) is 14.2. The largest absolute Gasteiger partial charge is 0.466 e. The first-order valence-electron chi connectivity index (χ1n) is 12.2. The van der Waals surface area contributed by atoms with E-state index in [2.05, 4.69) is 26.0 Å². The van der Waals surface area contributed by atoms with Crippen LogP contribution < -0.4 is 0 Å². The van der Waals surface area contributed by atoms with E-state index in [1.165, 1.54) is 32.1 Å². The van der Waals surface area contributed by atoms with Crippen molar-refractivity contribution < 1.29 is 19.1 Å². The van der Waals surface area contributed by atoms with Gasteiger partial charge in [0, 0.05) is 12.8 Å². The highest BCUT2D eigenvalue weighted by molar-refractivity contribution is 5.69. The zero-order valence-corrected chi connectivity index (χ0v) is 19.2. The Morgan fingerprint density at radius 1 is 0.552 bits per heavy atom. The first kappa shape index (κ1) is 27.7. The number of carbonyl (C=O) groups is 2. The summed E-state index contributed by atoms with van der Waals surface area (Å²) >= 11 is 0. The van der Waals surface area contributed by atoms with Crippen LogP contribution in [-0.4, -0.2) is 25.2 Å². The van der Waals surface area contributed by atoms with E-state index < -0.39 is 0 Å². The number of esters is 2. The van der Waals surface area contributed by atoms with Crippen molar-refractivity contribution >= 4 is 11.9 Å². The fraction of sp³-hybridized carbons (Fsp3) is 0.840. The minimum Gasteiger partial charge on any atom is -0.466 e. The normalized spacial score (nSPS) is 11.1. The van der Waals surface area contributed by atoms with E-state index in [1.54, 1.807) is 0 Å². The molecule has 0 atom stereocenters. The molecule has 4 heteroatoms. The molecule has 0 aliphatic heterocycles. The van der Waals surface area contributed by atoms with Crippen LogP contribution in [0.15, 0.2) is 12.2 Å². The van der Waals surface area contributed by atoms with Crippen LogP contribution in [0, 0.1) is 0 Å². The third-order valence-corrected chi connectivity index (χ3v) is 4.96. The summed E-state index contributed by atoms with van der Waals surface area (Å²) in [4.78, 5) is 23.3. The van der Waals surface area contributed by atoms with E-state index in [1.807, 2.05) is 0 Å². The van der Waals surface area contributed by atoms with E-state index >= 15 is 0 Å². The summed E-state index contributed by atoms with van der Waals surface area (Å²) in [6, 6.07) is 0. The Kier molecular flexibility index (Phi) is 21.9. The van der Waals surface area contributed by atoms with Gasteiger partial charge in [0.05, 0.1) is 13.2 Å². The van der Waals surface area contributed by atoms with Crippen molar-refractivity contribution in [3.8, 4) is 0 Å². The van der Waals surface area contributed by atoms with Gasteiger partial charge >= 0.3 is 11.9 Å². The SMILES string of the molecule is CCCCC/C=C\CCOC(=O)CCCCCCCCC(=O)OCCCCCC. The number of rotatable bonds is 21. The molecular weight excluding hydrogens is 364 g/mol. The van der Waals surface area contributed by atoms with Gasteiger partial charge in [0.25, 0.3) is 0 Å². The van der Waals surface area contributed by atoms with Gasteiger partial charge in [-0.15, -0.1) is 0 Å². The Hall–Kier alpha value is -1.32. The lowest BCUT2D eigenvalue weighted by molar-refractivity contribution is -0.144. The molecule has 0 aromatic rings. The molecule has 170 valence electrons. The summed E-state index contributed by atoms with van der Waals surface area (Å²) < 4.78 is 10.5. The molecule has 29 heavy (non-hydrogen) atoms. The maximum Gasteiger partial charge on any atom is 0.305 e. The highest BCUT2D eigenvalue weighted by Gasteiger charge is 2.04. The van der Waals surface area contributed by atoms with Crippen molar-refractivity contribution in [1.82, 2.24) is 0 Å². The molecule has 0 rings (SSSR count). The van der Waals surface area contributed by atoms with Gasteiger partial charge in [-0.1, -0.05) is 83.8 Å². The standard InChI is InChI=1S/C25H46O4/c1-3-5-7-9-12-15-19-23-29-25(27)21-17-14-11-10-13-16-20-24(26)28-22-18-8-6-4-2/h12,15H,3-11,13-14,16-23H2,1-2H3/b15-12-. The Labute approximate surface area is 179 Å². The Morgan fingerprint density at radius 2 is 1.03 bits per heavy atom. The zero-order valence-electron chi connectivity index (χ0n) is 19.2. The summed E-state index contributed by atoms with van der Waals surface area (Å²) in [7, 11) is 0. The lowest BCUT2D eigenvalue weighted by atomic mass is 10.1. The molecule has 0 amide bonds. The molecule has 4 nitrogen and oxygen atoms in total. The van der Waals surface area contributed by atoms with Crippen molar-refractivity contribution in [3.05, 3.63) is 12.2 Å². The fourth-order valence-corrected chi connectivity index (χ4v) is 3.09. The molecule has 0 heterocycles. The molecule has 0 aliphatic rings. The third kappa shape index (κ3) is 22.8. The molecule has 0 radical (unpaired) electrons. The molecule has 0 spiro atoms. The average molecular weight is 411 g/mol. The molecule has 0 bridgehead atoms. The summed E-state index contributed by atoms with van der Waals surface area (Å²) in [5.74, 6) is -0.133. The zero-order chi connectivity index (χ0) is 21.4. The monoisotopic (exact) mass is 410 g/mol. The number of allylic oxidation sites excluding steroid dienone is 1. The molecule has 0 aromatic carbocycles. The molecule has 0 N–H and O–H groups in total. The number of unbranched alkanes of at least 4 members (excludes halogenated alkanes) is 11. The second kappa shape index (κ2) is 23.0. The second-order valence-electron chi connectivity index (χ2n) is 7.88. The third-order valence-electron chi connectivity index (χ3n) is 4.96. The molecule has 0 aromatic heterocycles. The molecule has 0 saturated heterocycles. The van der Waals surface area contributed by atoms with Gasteiger partial charge in [0.15, 0.2) is 0 Å². The van der Waals surface area contributed by atoms with Crippen LogP contribution in [0.25, 0.3) is 0 Å². The van der Waals surface area contributed by atoms with Gasteiger partial charge in [0.1, 0.15) is 0 Å². The maximum absolute atomic E-state index is 11.7. The van der Waals surface area contributed by atoms with Crippen LogP contribution >= 0.6 is 0 Å². The van der Waals surface area contributed by atoms with Crippen molar-refractivity contribution in [2.75, 3.05) is 13.2 Å².